The molecule has 0 spiro atoms. The highest BCUT2D eigenvalue weighted by Gasteiger charge is 2.14. The summed E-state index contributed by atoms with van der Waals surface area (Å²) in [5.41, 5.74) is 0.833. The molecule has 1 aromatic rings. The molecule has 0 atom stereocenters. The molecule has 1 fully saturated rings. The first-order chi connectivity index (χ1) is 8.25. The number of benzene rings is 1. The maximum atomic E-state index is 12.2. The highest BCUT2D eigenvalue weighted by atomic mass is 32.2. The van der Waals surface area contributed by atoms with E-state index < -0.39 is 6.61 Å². The van der Waals surface area contributed by atoms with Crippen molar-refractivity contribution in [2.24, 2.45) is 0 Å². The van der Waals surface area contributed by atoms with Crippen LogP contribution in [0.5, 0.6) is 5.75 Å². The van der Waals surface area contributed by atoms with Crippen LogP contribution in [0.3, 0.4) is 0 Å². The van der Waals surface area contributed by atoms with Gasteiger partial charge in [-0.25, -0.2) is 0 Å². The van der Waals surface area contributed by atoms with Crippen LogP contribution >= 0.6 is 11.8 Å². The summed E-state index contributed by atoms with van der Waals surface area (Å²) in [5.74, 6) is 2.51. The maximum absolute atomic E-state index is 12.2. The fourth-order valence-electron chi connectivity index (χ4n) is 1.85. The van der Waals surface area contributed by atoms with E-state index in [9.17, 15) is 8.78 Å². The van der Waals surface area contributed by atoms with Gasteiger partial charge in [-0.15, -0.1) is 0 Å². The summed E-state index contributed by atoms with van der Waals surface area (Å²) in [7, 11) is 0. The van der Waals surface area contributed by atoms with Gasteiger partial charge < -0.3 is 4.74 Å². The maximum Gasteiger partial charge on any atom is 0.387 e. The van der Waals surface area contributed by atoms with E-state index >= 15 is 0 Å². The summed E-state index contributed by atoms with van der Waals surface area (Å²) in [5, 5.41) is 0. The zero-order valence-electron chi connectivity index (χ0n) is 9.44. The smallest absolute Gasteiger partial charge is 0.387 e. The van der Waals surface area contributed by atoms with E-state index in [0.717, 1.165) is 30.2 Å². The molecule has 1 heterocycles. The van der Waals surface area contributed by atoms with Crippen LogP contribution < -0.4 is 4.74 Å². The number of hydrogen-bond acceptors (Lipinski definition) is 3. The average molecular weight is 259 g/mol. The second-order valence-corrected chi connectivity index (χ2v) is 5.10. The van der Waals surface area contributed by atoms with Gasteiger partial charge in [0.05, 0.1) is 0 Å². The van der Waals surface area contributed by atoms with Crippen molar-refractivity contribution < 1.29 is 13.5 Å². The SMILES string of the molecule is FC(F)Oc1ccccc1CN1CCSCC1. The normalized spacial score (nSPS) is 17.4. The molecule has 0 radical (unpaired) electrons. The topological polar surface area (TPSA) is 12.5 Å². The Hall–Kier alpha value is -0.810. The molecule has 0 unspecified atom stereocenters. The standard InChI is InChI=1S/C12H15F2NOS/c13-12(14)16-11-4-2-1-3-10(11)9-15-5-7-17-8-6-15/h1-4,12H,5-9H2. The first-order valence-electron chi connectivity index (χ1n) is 5.58. The van der Waals surface area contributed by atoms with Gasteiger partial charge in [-0.2, -0.15) is 20.5 Å². The number of rotatable bonds is 4. The first-order valence-corrected chi connectivity index (χ1v) is 6.74. The minimum absolute atomic E-state index is 0.292. The van der Waals surface area contributed by atoms with Crippen LogP contribution in [-0.4, -0.2) is 36.1 Å². The van der Waals surface area contributed by atoms with Crippen molar-refractivity contribution in [2.75, 3.05) is 24.6 Å². The minimum Gasteiger partial charge on any atom is -0.434 e. The molecule has 0 bridgehead atoms. The molecule has 94 valence electrons. The summed E-state index contributed by atoms with van der Waals surface area (Å²) < 4.78 is 29.0. The first kappa shape index (κ1) is 12.6. The Morgan fingerprint density at radius 3 is 2.65 bits per heavy atom. The molecule has 17 heavy (non-hydrogen) atoms. The Morgan fingerprint density at radius 2 is 1.94 bits per heavy atom. The second-order valence-electron chi connectivity index (χ2n) is 3.87. The number of nitrogens with zero attached hydrogens (tertiary/aromatic N) is 1. The predicted molar refractivity (Wildman–Crippen MR) is 65.7 cm³/mol. The zero-order valence-corrected chi connectivity index (χ0v) is 10.3. The van der Waals surface area contributed by atoms with Gasteiger partial charge in [0, 0.05) is 36.7 Å². The van der Waals surface area contributed by atoms with E-state index in [-0.39, 0.29) is 0 Å². The minimum atomic E-state index is -2.76. The summed E-state index contributed by atoms with van der Waals surface area (Å²) in [6, 6.07) is 7.01. The Bertz CT molecular complexity index is 356. The van der Waals surface area contributed by atoms with Crippen molar-refractivity contribution in [3.05, 3.63) is 29.8 Å². The summed E-state index contributed by atoms with van der Waals surface area (Å²) in [6.07, 6.45) is 0. The molecule has 1 saturated heterocycles. The Labute approximate surface area is 104 Å². The Morgan fingerprint density at radius 1 is 1.24 bits per heavy atom. The third kappa shape index (κ3) is 3.85. The summed E-state index contributed by atoms with van der Waals surface area (Å²) in [6.45, 7) is -0.0572. The monoisotopic (exact) mass is 259 g/mol. The van der Waals surface area contributed by atoms with Crippen LogP contribution in [0.4, 0.5) is 8.78 Å². The quantitative estimate of drug-likeness (QED) is 0.825. The van der Waals surface area contributed by atoms with E-state index in [1.165, 1.54) is 0 Å². The number of alkyl halides is 2. The van der Waals surface area contributed by atoms with E-state index in [1.54, 1.807) is 12.1 Å². The summed E-state index contributed by atoms with van der Waals surface area (Å²) >= 11 is 1.93. The number of hydrogen-bond donors (Lipinski definition) is 0. The van der Waals surface area contributed by atoms with Crippen molar-refractivity contribution in [1.82, 2.24) is 4.90 Å². The molecule has 1 aliphatic heterocycles. The average Bonchev–Trinajstić information content (AvgIpc) is 2.32. The highest BCUT2D eigenvalue weighted by Crippen LogP contribution is 2.23. The lowest BCUT2D eigenvalue weighted by molar-refractivity contribution is -0.0507. The van der Waals surface area contributed by atoms with E-state index in [0.29, 0.717) is 12.3 Å². The lowest BCUT2D eigenvalue weighted by Crippen LogP contribution is -2.32. The van der Waals surface area contributed by atoms with Gasteiger partial charge in [-0.1, -0.05) is 18.2 Å². The van der Waals surface area contributed by atoms with Gasteiger partial charge in [0.2, 0.25) is 0 Å². The van der Waals surface area contributed by atoms with Crippen molar-refractivity contribution >= 4 is 11.8 Å². The molecule has 0 aliphatic carbocycles. The molecule has 0 amide bonds. The van der Waals surface area contributed by atoms with Crippen molar-refractivity contribution in [1.29, 1.82) is 0 Å². The van der Waals surface area contributed by atoms with Crippen LogP contribution in [-0.2, 0) is 6.54 Å². The third-order valence-electron chi connectivity index (χ3n) is 2.69. The molecule has 1 aromatic carbocycles. The molecule has 1 aliphatic rings. The van der Waals surface area contributed by atoms with E-state index in [4.69, 9.17) is 0 Å². The van der Waals surface area contributed by atoms with Crippen LogP contribution in [0, 0.1) is 0 Å². The predicted octanol–water partition coefficient (Wildman–Crippen LogP) is 2.84. The summed E-state index contributed by atoms with van der Waals surface area (Å²) in [4.78, 5) is 2.27. The molecule has 2 rings (SSSR count). The van der Waals surface area contributed by atoms with Crippen LogP contribution in [0.2, 0.25) is 0 Å². The van der Waals surface area contributed by atoms with Gasteiger partial charge in [0.1, 0.15) is 5.75 Å². The number of halogens is 2. The Kier molecular flexibility index (Phi) is 4.62. The molecule has 0 N–H and O–H groups in total. The van der Waals surface area contributed by atoms with Gasteiger partial charge in [-0.05, 0) is 6.07 Å². The van der Waals surface area contributed by atoms with Crippen LogP contribution in [0.1, 0.15) is 5.56 Å². The van der Waals surface area contributed by atoms with Gasteiger partial charge in [-0.3, -0.25) is 4.90 Å². The molecule has 5 heteroatoms. The van der Waals surface area contributed by atoms with Crippen molar-refractivity contribution in [2.45, 2.75) is 13.2 Å². The number of ether oxygens (including phenoxy) is 1. The van der Waals surface area contributed by atoms with Gasteiger partial charge >= 0.3 is 6.61 Å². The van der Waals surface area contributed by atoms with E-state index in [1.807, 2.05) is 23.9 Å². The van der Waals surface area contributed by atoms with Crippen LogP contribution in [0.25, 0.3) is 0 Å². The van der Waals surface area contributed by atoms with E-state index in [2.05, 4.69) is 9.64 Å². The largest absolute Gasteiger partial charge is 0.434 e. The lowest BCUT2D eigenvalue weighted by atomic mass is 10.2. The number of thioether (sulfide) groups is 1. The fraction of sp³-hybridized carbons (Fsp3) is 0.500. The fourth-order valence-corrected chi connectivity index (χ4v) is 2.82. The molecule has 2 nitrogen and oxygen atoms in total. The van der Waals surface area contributed by atoms with Gasteiger partial charge in [0.25, 0.3) is 0 Å². The van der Waals surface area contributed by atoms with Gasteiger partial charge in [0.15, 0.2) is 0 Å². The molecule has 0 saturated carbocycles. The van der Waals surface area contributed by atoms with Crippen molar-refractivity contribution in [3.63, 3.8) is 0 Å². The highest BCUT2D eigenvalue weighted by molar-refractivity contribution is 7.99. The third-order valence-corrected chi connectivity index (χ3v) is 3.63. The molecular weight excluding hydrogens is 244 g/mol. The zero-order chi connectivity index (χ0) is 12.1. The molecular formula is C12H15F2NOS. The lowest BCUT2D eigenvalue weighted by Gasteiger charge is -2.26. The second kappa shape index (κ2) is 6.21. The van der Waals surface area contributed by atoms with Crippen LogP contribution in [0.15, 0.2) is 24.3 Å². The van der Waals surface area contributed by atoms with Crippen molar-refractivity contribution in [3.8, 4) is 5.75 Å². The Balaban J connectivity index is 2.03. The number of para-hydroxylation sites is 1. The molecule has 0 aromatic heterocycles.